The van der Waals surface area contributed by atoms with Crippen LogP contribution in [0.4, 0.5) is 22.0 Å². The van der Waals surface area contributed by atoms with Gasteiger partial charge in [-0.15, -0.1) is 0 Å². The number of carbonyl (C=O) groups excluding carboxylic acids is 1. The van der Waals surface area contributed by atoms with Crippen molar-refractivity contribution >= 4 is 22.8 Å². The van der Waals surface area contributed by atoms with Crippen molar-refractivity contribution in [1.82, 2.24) is 24.8 Å². The van der Waals surface area contributed by atoms with Crippen molar-refractivity contribution in [3.05, 3.63) is 41.9 Å². The van der Waals surface area contributed by atoms with Gasteiger partial charge in [0.2, 0.25) is 5.92 Å². The molecule has 4 unspecified atom stereocenters. The molecule has 10 nitrogen and oxygen atoms in total. The van der Waals surface area contributed by atoms with E-state index in [1.165, 1.54) is 0 Å². The van der Waals surface area contributed by atoms with Crippen LogP contribution in [0.3, 0.4) is 0 Å². The number of ether oxygens (including phenoxy) is 2. The number of carboxylic acids is 1. The summed E-state index contributed by atoms with van der Waals surface area (Å²) >= 11 is 0. The van der Waals surface area contributed by atoms with Gasteiger partial charge in [0.25, 0.3) is 5.91 Å². The van der Waals surface area contributed by atoms with Crippen LogP contribution in [-0.4, -0.2) is 86.3 Å². The summed E-state index contributed by atoms with van der Waals surface area (Å²) in [6.07, 6.45) is -0.128. The minimum atomic E-state index is -5.07. The van der Waals surface area contributed by atoms with Gasteiger partial charge < -0.3 is 24.5 Å². The fraction of sp³-hybridized carbons (Fsp3) is 0.622. The van der Waals surface area contributed by atoms with Crippen LogP contribution in [0.1, 0.15) is 86.8 Å². The first-order valence-electron chi connectivity index (χ1n) is 18.2. The van der Waals surface area contributed by atoms with E-state index >= 15 is 0 Å². The molecule has 3 aromatic rings. The van der Waals surface area contributed by atoms with Crippen LogP contribution in [0.25, 0.3) is 22.3 Å². The molecule has 1 aromatic carbocycles. The van der Waals surface area contributed by atoms with Crippen molar-refractivity contribution in [1.29, 1.82) is 0 Å². The molecular formula is C37H42F5N5O5. The topological polar surface area (TPSA) is 119 Å². The average molecular weight is 732 g/mol. The van der Waals surface area contributed by atoms with Gasteiger partial charge in [0.15, 0.2) is 11.5 Å². The maximum absolute atomic E-state index is 14.7. The maximum Gasteiger partial charge on any atom is 0.434 e. The quantitative estimate of drug-likeness (QED) is 0.245. The van der Waals surface area contributed by atoms with E-state index in [0.717, 1.165) is 32.1 Å². The number of hydrogen-bond donors (Lipinski definition) is 2. The number of fused-ring (bicyclic) bond motifs is 3. The first-order valence-corrected chi connectivity index (χ1v) is 18.2. The lowest BCUT2D eigenvalue weighted by molar-refractivity contribution is -0.146. The Morgan fingerprint density at radius 2 is 1.85 bits per heavy atom. The molecule has 5 atom stereocenters. The van der Waals surface area contributed by atoms with E-state index in [9.17, 15) is 36.6 Å². The minimum Gasteiger partial charge on any atom is -0.489 e. The Balaban J connectivity index is 1.13. The summed E-state index contributed by atoms with van der Waals surface area (Å²) in [6.45, 7) is 5.02. The van der Waals surface area contributed by atoms with E-state index in [4.69, 9.17) is 9.47 Å². The van der Waals surface area contributed by atoms with Gasteiger partial charge in [-0.05, 0) is 74.8 Å². The van der Waals surface area contributed by atoms with Gasteiger partial charge in [0, 0.05) is 61.4 Å². The Hall–Kier alpha value is -3.85. The Morgan fingerprint density at radius 1 is 1.08 bits per heavy atom. The standard InChI is InChI=1S/C37H42F5N5O5/c1-20-10-21-12-22(11-20)36(14-21,34(49)50)45-33(48)28-15-43-32(44-31(28)37(40,41)42)29-17-47(23-4-7-35(38,39)8-5-23)30-13-25(2-3-27(29)30)52-26-6-9-46(16-26)24-18-51-19-24/h2-3,13,15,17,20-24,26H,4-12,14,16,18-19H2,1H3,(H,45,48)(H,49,50)/t20?,21?,22?,26-,36?/m0/s1. The molecule has 1 amide bonds. The van der Waals surface area contributed by atoms with Crippen LogP contribution < -0.4 is 10.1 Å². The SMILES string of the molecule is CC1CC2CC(C1)C(NC(=O)c1cnc(-c3cn(C4CCC(F)(F)CC4)c4cc(O[C@H]5CCN(C6COC6)C5)ccc34)nc1C(F)(F)F)(C(=O)O)C2. The smallest absolute Gasteiger partial charge is 0.434 e. The summed E-state index contributed by atoms with van der Waals surface area (Å²) in [5.41, 5.74) is -3.19. The largest absolute Gasteiger partial charge is 0.489 e. The number of alkyl halides is 5. The number of likely N-dealkylation sites (tertiary alicyclic amines) is 1. The molecule has 3 saturated carbocycles. The lowest BCUT2D eigenvalue weighted by Crippen LogP contribution is -2.57. The van der Waals surface area contributed by atoms with E-state index in [1.54, 1.807) is 24.4 Å². The van der Waals surface area contributed by atoms with E-state index in [-0.39, 0.29) is 67.5 Å². The van der Waals surface area contributed by atoms with E-state index in [1.807, 2.05) is 11.5 Å². The third kappa shape index (κ3) is 6.41. The molecular weight excluding hydrogens is 689 g/mol. The van der Waals surface area contributed by atoms with Gasteiger partial charge in [-0.3, -0.25) is 9.69 Å². The van der Waals surface area contributed by atoms with Gasteiger partial charge in [-0.1, -0.05) is 6.92 Å². The Labute approximate surface area is 297 Å². The normalized spacial score (nSPS) is 29.7. The molecule has 5 aliphatic rings. The van der Waals surface area contributed by atoms with Crippen molar-refractivity contribution in [3.63, 3.8) is 0 Å². The molecule has 3 aliphatic carbocycles. The van der Waals surface area contributed by atoms with Crippen molar-refractivity contribution < 1.29 is 46.1 Å². The average Bonchev–Trinajstić information content (AvgIpc) is 3.73. The molecule has 0 radical (unpaired) electrons. The summed E-state index contributed by atoms with van der Waals surface area (Å²) < 4.78 is 85.9. The van der Waals surface area contributed by atoms with Gasteiger partial charge in [-0.2, -0.15) is 13.2 Å². The Bertz CT molecular complexity index is 1870. The highest BCUT2D eigenvalue weighted by molar-refractivity contribution is 6.00. The number of nitrogens with zero attached hydrogens (tertiary/aromatic N) is 4. The van der Waals surface area contributed by atoms with Crippen LogP contribution in [0.2, 0.25) is 0 Å². The highest BCUT2D eigenvalue weighted by Gasteiger charge is 2.56. The first-order chi connectivity index (χ1) is 24.7. The summed E-state index contributed by atoms with van der Waals surface area (Å²) in [5.74, 6) is -5.08. The molecule has 8 rings (SSSR count). The van der Waals surface area contributed by atoms with Gasteiger partial charge >= 0.3 is 12.1 Å². The van der Waals surface area contributed by atoms with Gasteiger partial charge in [-0.25, -0.2) is 23.5 Å². The summed E-state index contributed by atoms with van der Waals surface area (Å²) in [5, 5.41) is 13.3. The first kappa shape index (κ1) is 35.2. The maximum atomic E-state index is 14.7. The summed E-state index contributed by atoms with van der Waals surface area (Å²) in [4.78, 5) is 36.7. The zero-order chi connectivity index (χ0) is 36.6. The third-order valence-corrected chi connectivity index (χ3v) is 12.1. The van der Waals surface area contributed by atoms with E-state index < -0.39 is 46.7 Å². The second-order valence-corrected chi connectivity index (χ2v) is 15.7. The fourth-order valence-electron chi connectivity index (χ4n) is 9.47. The fourth-order valence-corrected chi connectivity index (χ4v) is 9.47. The van der Waals surface area contributed by atoms with Crippen molar-refractivity contribution in [2.45, 2.75) is 101 Å². The molecule has 0 spiro atoms. The number of aromatic nitrogens is 3. The monoisotopic (exact) mass is 731 g/mol. The second kappa shape index (κ2) is 12.9. The second-order valence-electron chi connectivity index (χ2n) is 15.7. The number of amides is 1. The molecule has 2 bridgehead atoms. The third-order valence-electron chi connectivity index (χ3n) is 12.1. The zero-order valence-electron chi connectivity index (χ0n) is 28.8. The van der Waals surface area contributed by atoms with Crippen LogP contribution in [0.5, 0.6) is 5.75 Å². The highest BCUT2D eigenvalue weighted by atomic mass is 19.4. The number of aliphatic carboxylic acids is 1. The predicted octanol–water partition coefficient (Wildman–Crippen LogP) is 6.73. The lowest BCUT2D eigenvalue weighted by atomic mass is 9.78. The number of halogens is 5. The molecule has 52 heavy (non-hydrogen) atoms. The summed E-state index contributed by atoms with van der Waals surface area (Å²) in [6, 6.07) is 5.27. The van der Waals surface area contributed by atoms with E-state index in [0.29, 0.717) is 48.7 Å². The summed E-state index contributed by atoms with van der Waals surface area (Å²) in [7, 11) is 0. The molecule has 15 heteroatoms. The number of rotatable bonds is 8. The van der Waals surface area contributed by atoms with Crippen molar-refractivity contribution in [2.75, 3.05) is 26.3 Å². The zero-order valence-corrected chi connectivity index (χ0v) is 28.8. The van der Waals surface area contributed by atoms with Crippen molar-refractivity contribution in [3.8, 4) is 17.1 Å². The number of hydrogen-bond acceptors (Lipinski definition) is 7. The number of carbonyl (C=O) groups is 2. The lowest BCUT2D eigenvalue weighted by Gasteiger charge is -2.34. The molecule has 4 heterocycles. The Kier molecular flexibility index (Phi) is 8.75. The molecule has 5 fully saturated rings. The number of carboxylic acid groups (broad SMARTS) is 1. The minimum absolute atomic E-state index is 0.0554. The molecule has 2 saturated heterocycles. The van der Waals surface area contributed by atoms with E-state index in [2.05, 4.69) is 20.2 Å². The number of nitrogens with one attached hydrogen (secondary N) is 1. The van der Waals surface area contributed by atoms with Crippen LogP contribution in [0.15, 0.2) is 30.6 Å². The molecule has 2 N–H and O–H groups in total. The van der Waals surface area contributed by atoms with Gasteiger partial charge in [0.1, 0.15) is 17.4 Å². The molecule has 2 aliphatic heterocycles. The predicted molar refractivity (Wildman–Crippen MR) is 178 cm³/mol. The molecule has 280 valence electrons. The van der Waals surface area contributed by atoms with Gasteiger partial charge in [0.05, 0.1) is 30.3 Å². The Morgan fingerprint density at radius 3 is 2.54 bits per heavy atom. The van der Waals surface area contributed by atoms with Crippen molar-refractivity contribution in [2.24, 2.45) is 17.8 Å². The van der Waals surface area contributed by atoms with Crippen LogP contribution >= 0.6 is 0 Å². The van der Waals surface area contributed by atoms with Crippen LogP contribution in [0, 0.1) is 17.8 Å². The number of benzene rings is 1. The van der Waals surface area contributed by atoms with Crippen LogP contribution in [-0.2, 0) is 15.7 Å². The highest BCUT2D eigenvalue weighted by Crippen LogP contribution is 2.51. The molecule has 2 aromatic heterocycles.